The van der Waals surface area contributed by atoms with E-state index in [1.165, 1.54) is 0 Å². The lowest BCUT2D eigenvalue weighted by Crippen LogP contribution is -2.36. The molecule has 1 fully saturated rings. The van der Waals surface area contributed by atoms with Gasteiger partial charge in [-0.1, -0.05) is 0 Å². The number of carbonyl (C=O) groups is 1. The SMILES string of the molecule is O=C(O)N1CCOC[C@H](O)C1. The Kier molecular flexibility index (Phi) is 2.67. The Morgan fingerprint density at radius 1 is 1.64 bits per heavy atom. The zero-order valence-electron chi connectivity index (χ0n) is 6.06. The number of aliphatic hydroxyl groups is 1. The lowest BCUT2D eigenvalue weighted by Gasteiger charge is -2.16. The van der Waals surface area contributed by atoms with Crippen LogP contribution < -0.4 is 0 Å². The van der Waals surface area contributed by atoms with Crippen LogP contribution in [0.2, 0.25) is 0 Å². The first-order valence-corrected chi connectivity index (χ1v) is 3.44. The van der Waals surface area contributed by atoms with Crippen molar-refractivity contribution in [2.45, 2.75) is 6.10 Å². The number of β-amino-alcohol motifs (C(OH)–C–C–N with tert-alkyl or cyclic N) is 1. The van der Waals surface area contributed by atoms with Gasteiger partial charge < -0.3 is 19.8 Å². The number of nitrogens with zero attached hydrogens (tertiary/aromatic N) is 1. The lowest BCUT2D eigenvalue weighted by atomic mass is 10.3. The Morgan fingerprint density at radius 3 is 3.00 bits per heavy atom. The van der Waals surface area contributed by atoms with Crippen LogP contribution in [0, 0.1) is 0 Å². The number of aliphatic hydroxyl groups excluding tert-OH is 1. The fourth-order valence-corrected chi connectivity index (χ4v) is 0.966. The maximum Gasteiger partial charge on any atom is 0.407 e. The van der Waals surface area contributed by atoms with Crippen molar-refractivity contribution in [3.05, 3.63) is 0 Å². The smallest absolute Gasteiger partial charge is 0.407 e. The molecule has 0 aromatic rings. The third-order valence-corrected chi connectivity index (χ3v) is 1.52. The molecule has 1 rings (SSSR count). The number of amides is 1. The molecule has 5 nitrogen and oxygen atoms in total. The summed E-state index contributed by atoms with van der Waals surface area (Å²) in [4.78, 5) is 11.6. The Morgan fingerprint density at radius 2 is 2.36 bits per heavy atom. The van der Waals surface area contributed by atoms with E-state index in [1.807, 2.05) is 0 Å². The molecular weight excluding hydrogens is 150 g/mol. The molecule has 1 saturated heterocycles. The molecule has 64 valence electrons. The maximum absolute atomic E-state index is 10.4. The molecule has 0 bridgehead atoms. The summed E-state index contributed by atoms with van der Waals surface area (Å²) >= 11 is 0. The van der Waals surface area contributed by atoms with Crippen LogP contribution in [-0.4, -0.2) is 53.6 Å². The molecule has 2 N–H and O–H groups in total. The summed E-state index contributed by atoms with van der Waals surface area (Å²) in [6.07, 6.45) is -1.69. The first-order chi connectivity index (χ1) is 5.20. The topological polar surface area (TPSA) is 70.0 Å². The van der Waals surface area contributed by atoms with E-state index in [4.69, 9.17) is 14.9 Å². The van der Waals surface area contributed by atoms with Gasteiger partial charge in [-0.05, 0) is 0 Å². The largest absolute Gasteiger partial charge is 0.465 e. The molecule has 1 atom stereocenters. The molecule has 11 heavy (non-hydrogen) atoms. The van der Waals surface area contributed by atoms with Gasteiger partial charge in [0.1, 0.15) is 0 Å². The van der Waals surface area contributed by atoms with Crippen LogP contribution in [0.5, 0.6) is 0 Å². The fourth-order valence-electron chi connectivity index (χ4n) is 0.966. The standard InChI is InChI=1S/C6H11NO4/c8-5-3-7(6(9)10)1-2-11-4-5/h5,8H,1-4H2,(H,9,10)/t5-/m1/s1. The summed E-state index contributed by atoms with van der Waals surface area (Å²) < 4.78 is 4.93. The van der Waals surface area contributed by atoms with Gasteiger partial charge in [-0.25, -0.2) is 4.79 Å². The van der Waals surface area contributed by atoms with Gasteiger partial charge in [-0.2, -0.15) is 0 Å². The zero-order valence-corrected chi connectivity index (χ0v) is 6.06. The summed E-state index contributed by atoms with van der Waals surface area (Å²) in [5, 5.41) is 17.6. The van der Waals surface area contributed by atoms with Crippen molar-refractivity contribution in [3.63, 3.8) is 0 Å². The number of carboxylic acid groups (broad SMARTS) is 1. The van der Waals surface area contributed by atoms with E-state index >= 15 is 0 Å². The second kappa shape index (κ2) is 3.54. The molecule has 1 aliphatic rings. The summed E-state index contributed by atoms with van der Waals surface area (Å²) in [6.45, 7) is 1.08. The Bertz CT molecular complexity index is 150. The van der Waals surface area contributed by atoms with E-state index in [0.29, 0.717) is 13.2 Å². The lowest BCUT2D eigenvalue weighted by molar-refractivity contribution is 0.0563. The third-order valence-electron chi connectivity index (χ3n) is 1.52. The Hall–Kier alpha value is -0.810. The minimum Gasteiger partial charge on any atom is -0.465 e. The minimum absolute atomic E-state index is 0.148. The van der Waals surface area contributed by atoms with E-state index in [1.54, 1.807) is 0 Å². The van der Waals surface area contributed by atoms with Gasteiger partial charge in [0.2, 0.25) is 0 Å². The van der Waals surface area contributed by atoms with Gasteiger partial charge >= 0.3 is 6.09 Å². The van der Waals surface area contributed by atoms with Gasteiger partial charge in [-0.3, -0.25) is 0 Å². The van der Waals surface area contributed by atoms with Crippen molar-refractivity contribution in [3.8, 4) is 0 Å². The number of hydrogen-bond donors (Lipinski definition) is 2. The third kappa shape index (κ3) is 2.36. The van der Waals surface area contributed by atoms with Crippen molar-refractivity contribution in [2.24, 2.45) is 0 Å². The minimum atomic E-state index is -1.01. The van der Waals surface area contributed by atoms with Crippen LogP contribution in [0.1, 0.15) is 0 Å². The van der Waals surface area contributed by atoms with Crippen LogP contribution in [0.4, 0.5) is 4.79 Å². The molecule has 1 aliphatic heterocycles. The highest BCUT2D eigenvalue weighted by Crippen LogP contribution is 1.99. The highest BCUT2D eigenvalue weighted by Gasteiger charge is 2.19. The monoisotopic (exact) mass is 161 g/mol. The molecule has 0 aromatic carbocycles. The van der Waals surface area contributed by atoms with Gasteiger partial charge in [0.05, 0.1) is 25.9 Å². The van der Waals surface area contributed by atoms with E-state index in [9.17, 15) is 4.79 Å². The van der Waals surface area contributed by atoms with E-state index in [2.05, 4.69) is 0 Å². The fraction of sp³-hybridized carbons (Fsp3) is 0.833. The van der Waals surface area contributed by atoms with E-state index in [0.717, 1.165) is 4.90 Å². The molecule has 0 unspecified atom stereocenters. The van der Waals surface area contributed by atoms with Crippen LogP contribution in [0.15, 0.2) is 0 Å². The molecule has 0 aromatic heterocycles. The molecule has 1 amide bonds. The van der Waals surface area contributed by atoms with Crippen LogP contribution >= 0.6 is 0 Å². The average Bonchev–Trinajstić information content (AvgIpc) is 2.13. The molecule has 0 radical (unpaired) electrons. The predicted molar refractivity (Wildman–Crippen MR) is 36.4 cm³/mol. The van der Waals surface area contributed by atoms with E-state index in [-0.39, 0.29) is 13.2 Å². The first-order valence-electron chi connectivity index (χ1n) is 3.44. The summed E-state index contributed by atoms with van der Waals surface area (Å²) in [5.41, 5.74) is 0. The normalized spacial score (nSPS) is 26.3. The highest BCUT2D eigenvalue weighted by atomic mass is 16.5. The predicted octanol–water partition coefficient (Wildman–Crippen LogP) is -0.642. The van der Waals surface area contributed by atoms with Crippen molar-refractivity contribution in [1.29, 1.82) is 0 Å². The quantitative estimate of drug-likeness (QED) is 0.495. The van der Waals surface area contributed by atoms with Gasteiger partial charge in [0.15, 0.2) is 0 Å². The van der Waals surface area contributed by atoms with Crippen LogP contribution in [0.3, 0.4) is 0 Å². The Balaban J connectivity index is 2.45. The van der Waals surface area contributed by atoms with Crippen molar-refractivity contribution in [1.82, 2.24) is 4.90 Å². The number of hydrogen-bond acceptors (Lipinski definition) is 3. The van der Waals surface area contributed by atoms with Crippen LogP contribution in [-0.2, 0) is 4.74 Å². The van der Waals surface area contributed by atoms with Gasteiger partial charge in [0, 0.05) is 6.54 Å². The summed E-state index contributed by atoms with van der Waals surface area (Å²) in [5.74, 6) is 0. The molecule has 0 saturated carbocycles. The first kappa shape index (κ1) is 8.29. The van der Waals surface area contributed by atoms with Crippen molar-refractivity contribution < 1.29 is 19.7 Å². The molecular formula is C6H11NO4. The molecule has 0 spiro atoms. The molecule has 0 aliphatic carbocycles. The second-order valence-electron chi connectivity index (χ2n) is 2.46. The Labute approximate surface area is 64.2 Å². The zero-order chi connectivity index (χ0) is 8.27. The van der Waals surface area contributed by atoms with E-state index < -0.39 is 12.2 Å². The number of ether oxygens (including phenoxy) is 1. The number of rotatable bonds is 0. The molecule has 5 heteroatoms. The van der Waals surface area contributed by atoms with Gasteiger partial charge in [0.25, 0.3) is 0 Å². The molecule has 1 heterocycles. The van der Waals surface area contributed by atoms with Gasteiger partial charge in [-0.15, -0.1) is 0 Å². The van der Waals surface area contributed by atoms with Crippen molar-refractivity contribution in [2.75, 3.05) is 26.3 Å². The van der Waals surface area contributed by atoms with Crippen molar-refractivity contribution >= 4 is 6.09 Å². The summed E-state index contributed by atoms with van der Waals surface area (Å²) in [6, 6.07) is 0. The summed E-state index contributed by atoms with van der Waals surface area (Å²) in [7, 11) is 0. The van der Waals surface area contributed by atoms with Crippen LogP contribution in [0.25, 0.3) is 0 Å². The maximum atomic E-state index is 10.4. The average molecular weight is 161 g/mol. The second-order valence-corrected chi connectivity index (χ2v) is 2.46. The highest BCUT2D eigenvalue weighted by molar-refractivity contribution is 5.64.